The van der Waals surface area contributed by atoms with Gasteiger partial charge in [0.25, 0.3) is 5.56 Å². The molecule has 140 valence electrons. The van der Waals surface area contributed by atoms with Crippen molar-refractivity contribution in [2.24, 2.45) is 5.92 Å². The highest BCUT2D eigenvalue weighted by Crippen LogP contribution is 2.47. The van der Waals surface area contributed by atoms with Gasteiger partial charge in [-0.05, 0) is 74.4 Å². The Bertz CT molecular complexity index is 909. The summed E-state index contributed by atoms with van der Waals surface area (Å²) in [6.45, 7) is 5.62. The molecule has 1 aliphatic carbocycles. The number of halogens is 1. The number of aromatic nitrogens is 2. The van der Waals surface area contributed by atoms with Crippen LogP contribution in [0.15, 0.2) is 14.6 Å². The van der Waals surface area contributed by atoms with Crippen LogP contribution in [0.3, 0.4) is 0 Å². The standard InChI is InChI=1S/C18H22BrN3O3S/c1-18(2,3)25-17(24)22-10-6-4-9(5-7-10)13(22)15-20-11-8-12(19)26-14(11)16(23)21-15/h8-10,13H,4-7H2,1-3H3,(H,20,21,23)/t9?,10?,13-/m1/s1. The van der Waals surface area contributed by atoms with Crippen molar-refractivity contribution in [2.45, 2.75) is 64.1 Å². The van der Waals surface area contributed by atoms with Gasteiger partial charge in [0.05, 0.1) is 15.3 Å². The van der Waals surface area contributed by atoms with E-state index < -0.39 is 5.60 Å². The van der Waals surface area contributed by atoms with Crippen LogP contribution in [0.4, 0.5) is 4.79 Å². The highest BCUT2D eigenvalue weighted by atomic mass is 79.9. The topological polar surface area (TPSA) is 75.3 Å². The molecule has 1 amide bonds. The number of hydrogen-bond acceptors (Lipinski definition) is 5. The van der Waals surface area contributed by atoms with E-state index in [1.807, 2.05) is 31.7 Å². The Balaban J connectivity index is 1.77. The Morgan fingerprint density at radius 2 is 2.04 bits per heavy atom. The minimum atomic E-state index is -0.554. The molecule has 2 aromatic heterocycles. The molecular weight excluding hydrogens is 418 g/mol. The van der Waals surface area contributed by atoms with Crippen LogP contribution >= 0.6 is 27.3 Å². The monoisotopic (exact) mass is 439 g/mol. The van der Waals surface area contributed by atoms with Gasteiger partial charge in [0, 0.05) is 6.04 Å². The second-order valence-corrected chi connectivity index (χ2v) is 10.5. The SMILES string of the molecule is CC(C)(C)OC(=O)N1C2CCC(CC2)[C@@H]1c1nc2cc(Br)sc2c(=O)[nH]1. The van der Waals surface area contributed by atoms with Crippen molar-refractivity contribution < 1.29 is 9.53 Å². The first-order chi connectivity index (χ1) is 12.2. The molecule has 6 nitrogen and oxygen atoms in total. The number of fused-ring (bicyclic) bond motifs is 4. The summed E-state index contributed by atoms with van der Waals surface area (Å²) >= 11 is 4.79. The van der Waals surface area contributed by atoms with E-state index in [0.29, 0.717) is 22.0 Å². The normalized spacial score (nSPS) is 25.7. The van der Waals surface area contributed by atoms with Gasteiger partial charge in [-0.3, -0.25) is 9.69 Å². The van der Waals surface area contributed by atoms with Crippen LogP contribution in [0.2, 0.25) is 0 Å². The Labute approximate surface area is 164 Å². The van der Waals surface area contributed by atoms with Crippen LogP contribution in [0.1, 0.15) is 58.3 Å². The fourth-order valence-corrected chi connectivity index (χ4v) is 5.57. The molecule has 2 aromatic rings. The second-order valence-electron chi connectivity index (χ2n) is 8.12. The van der Waals surface area contributed by atoms with Gasteiger partial charge in [0.1, 0.15) is 16.1 Å². The van der Waals surface area contributed by atoms with Crippen molar-refractivity contribution >= 4 is 43.6 Å². The molecule has 1 N–H and O–H groups in total. The van der Waals surface area contributed by atoms with E-state index in [1.54, 1.807) is 0 Å². The van der Waals surface area contributed by atoms with Crippen molar-refractivity contribution in [3.8, 4) is 0 Å². The molecule has 0 radical (unpaired) electrons. The molecule has 4 heterocycles. The molecule has 2 bridgehead atoms. The van der Waals surface area contributed by atoms with E-state index in [1.165, 1.54) is 11.3 Å². The average molecular weight is 440 g/mol. The number of piperidine rings is 2. The van der Waals surface area contributed by atoms with Crippen molar-refractivity contribution in [3.63, 3.8) is 0 Å². The highest BCUT2D eigenvalue weighted by molar-refractivity contribution is 9.11. The highest BCUT2D eigenvalue weighted by Gasteiger charge is 2.47. The molecule has 8 heteroatoms. The first-order valence-electron chi connectivity index (χ1n) is 8.93. The third-order valence-electron chi connectivity index (χ3n) is 5.14. The number of H-pyrrole nitrogens is 1. The summed E-state index contributed by atoms with van der Waals surface area (Å²) in [5, 5.41) is 0. The number of thiophene rings is 1. The Morgan fingerprint density at radius 1 is 1.35 bits per heavy atom. The lowest BCUT2D eigenvalue weighted by Gasteiger charge is -2.50. The van der Waals surface area contributed by atoms with Gasteiger partial charge in [-0.1, -0.05) is 0 Å². The Kier molecular flexibility index (Phi) is 4.38. The van der Waals surface area contributed by atoms with Gasteiger partial charge in [-0.2, -0.15) is 0 Å². The molecule has 0 spiro atoms. The number of rotatable bonds is 1. The average Bonchev–Trinajstić information content (AvgIpc) is 2.94. The number of nitrogens with one attached hydrogen (secondary N) is 1. The predicted octanol–water partition coefficient (Wildman–Crippen LogP) is 4.60. The molecule has 1 saturated carbocycles. The lowest BCUT2D eigenvalue weighted by Crippen LogP contribution is -2.54. The van der Waals surface area contributed by atoms with Crippen LogP contribution in [0.5, 0.6) is 0 Å². The lowest BCUT2D eigenvalue weighted by molar-refractivity contribution is -0.0441. The van der Waals surface area contributed by atoms with Gasteiger partial charge in [-0.25, -0.2) is 9.78 Å². The maximum Gasteiger partial charge on any atom is 0.411 e. The summed E-state index contributed by atoms with van der Waals surface area (Å²) in [6.07, 6.45) is 3.74. The third kappa shape index (κ3) is 3.17. The Hall–Kier alpha value is -1.41. The van der Waals surface area contributed by atoms with Crippen LogP contribution in [-0.2, 0) is 4.74 Å². The number of ether oxygens (including phenoxy) is 1. The maximum absolute atomic E-state index is 12.9. The number of carbonyl (C=O) groups is 1. The fraction of sp³-hybridized carbons (Fsp3) is 0.611. The minimum Gasteiger partial charge on any atom is -0.444 e. The maximum atomic E-state index is 12.9. The quantitative estimate of drug-likeness (QED) is 0.704. The van der Waals surface area contributed by atoms with Crippen LogP contribution in [-0.4, -0.2) is 32.6 Å². The van der Waals surface area contributed by atoms with Crippen LogP contribution < -0.4 is 5.56 Å². The van der Waals surface area contributed by atoms with Gasteiger partial charge in [0.2, 0.25) is 0 Å². The summed E-state index contributed by atoms with van der Waals surface area (Å²) in [6, 6.07) is 1.78. The zero-order valence-corrected chi connectivity index (χ0v) is 17.4. The molecule has 0 unspecified atom stereocenters. The van der Waals surface area contributed by atoms with Gasteiger partial charge in [0.15, 0.2) is 0 Å². The Morgan fingerprint density at radius 3 is 2.69 bits per heavy atom. The second kappa shape index (κ2) is 6.34. The van der Waals surface area contributed by atoms with Gasteiger partial charge < -0.3 is 9.72 Å². The molecule has 3 fully saturated rings. The summed E-state index contributed by atoms with van der Waals surface area (Å²) < 4.78 is 7.14. The van der Waals surface area contributed by atoms with E-state index in [0.717, 1.165) is 29.5 Å². The number of aromatic amines is 1. The number of carbonyl (C=O) groups excluding carboxylic acids is 1. The molecule has 0 aromatic carbocycles. The zero-order valence-electron chi connectivity index (χ0n) is 15.0. The van der Waals surface area contributed by atoms with Crippen molar-refractivity contribution in [3.05, 3.63) is 26.0 Å². The van der Waals surface area contributed by atoms with E-state index in [2.05, 4.69) is 20.9 Å². The smallest absolute Gasteiger partial charge is 0.411 e. The van der Waals surface area contributed by atoms with Crippen molar-refractivity contribution in [1.82, 2.24) is 14.9 Å². The lowest BCUT2D eigenvalue weighted by atomic mass is 9.74. The van der Waals surface area contributed by atoms with Crippen LogP contribution in [0, 0.1) is 5.92 Å². The van der Waals surface area contributed by atoms with E-state index >= 15 is 0 Å². The number of amides is 1. The first kappa shape index (κ1) is 18.0. The van der Waals surface area contributed by atoms with E-state index in [9.17, 15) is 9.59 Å². The molecule has 26 heavy (non-hydrogen) atoms. The van der Waals surface area contributed by atoms with E-state index in [4.69, 9.17) is 9.72 Å². The van der Waals surface area contributed by atoms with Gasteiger partial charge in [-0.15, -0.1) is 11.3 Å². The molecular formula is C18H22BrN3O3S. The molecule has 5 rings (SSSR count). The minimum absolute atomic E-state index is 0.147. The summed E-state index contributed by atoms with van der Waals surface area (Å²) in [7, 11) is 0. The number of nitrogens with zero attached hydrogens (tertiary/aromatic N) is 2. The van der Waals surface area contributed by atoms with Gasteiger partial charge >= 0.3 is 6.09 Å². The van der Waals surface area contributed by atoms with Crippen molar-refractivity contribution in [1.29, 1.82) is 0 Å². The largest absolute Gasteiger partial charge is 0.444 e. The van der Waals surface area contributed by atoms with Crippen LogP contribution in [0.25, 0.3) is 10.2 Å². The molecule has 1 atom stereocenters. The van der Waals surface area contributed by atoms with Crippen molar-refractivity contribution in [2.75, 3.05) is 0 Å². The molecule has 3 aliphatic rings. The first-order valence-corrected chi connectivity index (χ1v) is 10.5. The fourth-order valence-electron chi connectivity index (χ4n) is 4.15. The number of hydrogen-bond donors (Lipinski definition) is 1. The molecule has 2 aliphatic heterocycles. The zero-order chi connectivity index (χ0) is 18.6. The summed E-state index contributed by atoms with van der Waals surface area (Å²) in [5.41, 5.74) is -0.0288. The third-order valence-corrected chi connectivity index (χ3v) is 6.76. The summed E-state index contributed by atoms with van der Waals surface area (Å²) in [5.74, 6) is 0.878. The van der Waals surface area contributed by atoms with E-state index in [-0.39, 0.29) is 23.7 Å². The summed E-state index contributed by atoms with van der Waals surface area (Å²) in [4.78, 5) is 34.9. The molecule has 2 saturated heterocycles. The predicted molar refractivity (Wildman–Crippen MR) is 105 cm³/mol.